The number of alkyl halides is 1. The Morgan fingerprint density at radius 3 is 2.56 bits per heavy atom. The van der Waals surface area contributed by atoms with Crippen LogP contribution >= 0.6 is 15.9 Å². The third kappa shape index (κ3) is 3.76. The van der Waals surface area contributed by atoms with E-state index in [9.17, 15) is 4.79 Å². The van der Waals surface area contributed by atoms with Gasteiger partial charge in [0.25, 0.3) is 0 Å². The summed E-state index contributed by atoms with van der Waals surface area (Å²) in [4.78, 5) is 12.1. The number of nitrogens with one attached hydrogen (secondary N) is 1. The molecule has 0 aromatic carbocycles. The molecule has 0 aliphatic heterocycles. The average molecular weight is 290 g/mol. The third-order valence-corrected chi connectivity index (χ3v) is 4.21. The van der Waals surface area contributed by atoms with Crippen LogP contribution in [0, 0.1) is 17.8 Å². The topological polar surface area (TPSA) is 29.1 Å². The lowest BCUT2D eigenvalue weighted by Crippen LogP contribution is -2.42. The van der Waals surface area contributed by atoms with Gasteiger partial charge in [0, 0.05) is 17.3 Å². The van der Waals surface area contributed by atoms with Crippen molar-refractivity contribution in [3.05, 3.63) is 0 Å². The molecule has 3 unspecified atom stereocenters. The Hall–Kier alpha value is -0.0500. The molecule has 1 amide bonds. The van der Waals surface area contributed by atoms with Crippen LogP contribution in [-0.2, 0) is 4.79 Å². The van der Waals surface area contributed by atoms with E-state index in [2.05, 4.69) is 42.0 Å². The van der Waals surface area contributed by atoms with Gasteiger partial charge in [-0.3, -0.25) is 4.79 Å². The van der Waals surface area contributed by atoms with Gasteiger partial charge in [-0.2, -0.15) is 0 Å². The predicted molar refractivity (Wildman–Crippen MR) is 71.7 cm³/mol. The van der Waals surface area contributed by atoms with Crippen LogP contribution in [0.5, 0.6) is 0 Å². The first-order valence-electron chi connectivity index (χ1n) is 6.42. The van der Waals surface area contributed by atoms with E-state index in [0.717, 1.165) is 18.2 Å². The molecule has 3 heteroatoms. The van der Waals surface area contributed by atoms with E-state index in [4.69, 9.17) is 0 Å². The molecule has 0 radical (unpaired) electrons. The minimum absolute atomic E-state index is 0.261. The van der Waals surface area contributed by atoms with Gasteiger partial charge < -0.3 is 5.32 Å². The molecule has 3 atom stereocenters. The molecule has 1 N–H and O–H groups in total. The number of rotatable bonds is 5. The molecule has 0 heterocycles. The first-order valence-corrected chi connectivity index (χ1v) is 7.54. The van der Waals surface area contributed by atoms with Gasteiger partial charge in [-0.1, -0.05) is 43.1 Å². The van der Waals surface area contributed by atoms with Crippen molar-refractivity contribution >= 4 is 21.8 Å². The standard InChI is InChI=1S/C13H24BrNO/c1-9(2)12(7-8-14)15-13(16)11-6-4-5-10(11)3/h9-12H,4-8H2,1-3H3,(H,15,16). The van der Waals surface area contributed by atoms with Crippen molar-refractivity contribution < 1.29 is 4.79 Å². The normalized spacial score (nSPS) is 27.1. The second-order valence-corrected chi connectivity index (χ2v) is 6.14. The fraction of sp³-hybridized carbons (Fsp3) is 0.923. The molecule has 0 spiro atoms. The maximum atomic E-state index is 12.1. The summed E-state index contributed by atoms with van der Waals surface area (Å²) < 4.78 is 0. The molecular formula is C13H24BrNO. The Bertz CT molecular complexity index is 230. The molecule has 0 bridgehead atoms. The van der Waals surface area contributed by atoms with Crippen molar-refractivity contribution in [2.24, 2.45) is 17.8 Å². The maximum Gasteiger partial charge on any atom is 0.223 e. The molecule has 1 saturated carbocycles. The number of carbonyl (C=O) groups excluding carboxylic acids is 1. The molecule has 16 heavy (non-hydrogen) atoms. The van der Waals surface area contributed by atoms with Gasteiger partial charge in [0.1, 0.15) is 0 Å². The van der Waals surface area contributed by atoms with Crippen molar-refractivity contribution in [1.29, 1.82) is 0 Å². The summed E-state index contributed by atoms with van der Waals surface area (Å²) in [6.07, 6.45) is 4.52. The Balaban J connectivity index is 2.47. The number of hydrogen-bond acceptors (Lipinski definition) is 1. The second-order valence-electron chi connectivity index (χ2n) is 5.35. The van der Waals surface area contributed by atoms with Gasteiger partial charge in [-0.05, 0) is 31.1 Å². The van der Waals surface area contributed by atoms with Crippen LogP contribution in [0.25, 0.3) is 0 Å². The predicted octanol–water partition coefficient (Wildman–Crippen LogP) is 3.35. The summed E-state index contributed by atoms with van der Waals surface area (Å²) in [6.45, 7) is 6.55. The van der Waals surface area contributed by atoms with E-state index in [1.54, 1.807) is 0 Å². The largest absolute Gasteiger partial charge is 0.353 e. The van der Waals surface area contributed by atoms with E-state index in [0.29, 0.717) is 17.9 Å². The Morgan fingerprint density at radius 1 is 1.44 bits per heavy atom. The monoisotopic (exact) mass is 289 g/mol. The average Bonchev–Trinajstić information content (AvgIpc) is 2.63. The lowest BCUT2D eigenvalue weighted by molar-refractivity contribution is -0.126. The molecule has 0 saturated heterocycles. The van der Waals surface area contributed by atoms with E-state index in [1.165, 1.54) is 12.8 Å². The lowest BCUT2D eigenvalue weighted by atomic mass is 9.95. The molecule has 0 aromatic heterocycles. The minimum Gasteiger partial charge on any atom is -0.353 e. The highest BCUT2D eigenvalue weighted by Crippen LogP contribution is 2.31. The fourth-order valence-corrected chi connectivity index (χ4v) is 3.01. The van der Waals surface area contributed by atoms with Gasteiger partial charge in [0.15, 0.2) is 0 Å². The van der Waals surface area contributed by atoms with Crippen LogP contribution in [0.3, 0.4) is 0 Å². The third-order valence-electron chi connectivity index (χ3n) is 3.75. The summed E-state index contributed by atoms with van der Waals surface area (Å²) in [5, 5.41) is 4.18. The Kier molecular flexibility index (Phi) is 5.81. The zero-order chi connectivity index (χ0) is 12.1. The first-order chi connectivity index (χ1) is 7.56. The van der Waals surface area contributed by atoms with E-state index in [1.807, 2.05) is 0 Å². The number of halogens is 1. The molecule has 1 aliphatic rings. The second kappa shape index (κ2) is 6.63. The van der Waals surface area contributed by atoms with E-state index >= 15 is 0 Å². The minimum atomic E-state index is 0.261. The van der Waals surface area contributed by atoms with Gasteiger partial charge in [-0.25, -0.2) is 0 Å². The molecule has 94 valence electrons. The van der Waals surface area contributed by atoms with Crippen LogP contribution in [0.1, 0.15) is 46.5 Å². The highest BCUT2D eigenvalue weighted by Gasteiger charge is 2.31. The quantitative estimate of drug-likeness (QED) is 0.773. The van der Waals surface area contributed by atoms with Crippen molar-refractivity contribution in [2.75, 3.05) is 5.33 Å². The van der Waals surface area contributed by atoms with Gasteiger partial charge in [0.05, 0.1) is 0 Å². The van der Waals surface area contributed by atoms with Crippen LogP contribution in [0.4, 0.5) is 0 Å². The van der Waals surface area contributed by atoms with Crippen LogP contribution < -0.4 is 5.32 Å². The number of hydrogen-bond donors (Lipinski definition) is 1. The summed E-state index contributed by atoms with van der Waals surface area (Å²) in [5.41, 5.74) is 0. The first kappa shape index (κ1) is 14.0. The number of amides is 1. The zero-order valence-corrected chi connectivity index (χ0v) is 12.2. The lowest BCUT2D eigenvalue weighted by Gasteiger charge is -2.24. The van der Waals surface area contributed by atoms with Crippen LogP contribution in [0.15, 0.2) is 0 Å². The van der Waals surface area contributed by atoms with Gasteiger partial charge in [-0.15, -0.1) is 0 Å². The smallest absolute Gasteiger partial charge is 0.223 e. The van der Waals surface area contributed by atoms with Crippen LogP contribution in [-0.4, -0.2) is 17.3 Å². The van der Waals surface area contributed by atoms with Crippen molar-refractivity contribution in [3.8, 4) is 0 Å². The summed E-state index contributed by atoms with van der Waals surface area (Å²) in [7, 11) is 0. The molecule has 1 aliphatic carbocycles. The highest BCUT2D eigenvalue weighted by molar-refractivity contribution is 9.09. The number of carbonyl (C=O) groups is 1. The summed E-state index contributed by atoms with van der Waals surface area (Å²) in [5.74, 6) is 1.62. The molecule has 1 rings (SSSR count). The fourth-order valence-electron chi connectivity index (χ4n) is 2.51. The SMILES string of the molecule is CC(C)C(CCBr)NC(=O)C1CCCC1C. The van der Waals surface area contributed by atoms with Crippen molar-refractivity contribution in [2.45, 2.75) is 52.5 Å². The van der Waals surface area contributed by atoms with Crippen molar-refractivity contribution in [3.63, 3.8) is 0 Å². The highest BCUT2D eigenvalue weighted by atomic mass is 79.9. The maximum absolute atomic E-state index is 12.1. The Labute approximate surface area is 108 Å². The molecule has 0 aromatic rings. The Morgan fingerprint density at radius 2 is 2.12 bits per heavy atom. The van der Waals surface area contributed by atoms with E-state index in [-0.39, 0.29) is 11.8 Å². The molecule has 1 fully saturated rings. The van der Waals surface area contributed by atoms with Crippen molar-refractivity contribution in [1.82, 2.24) is 5.32 Å². The van der Waals surface area contributed by atoms with Gasteiger partial charge in [0.2, 0.25) is 5.91 Å². The molecular weight excluding hydrogens is 266 g/mol. The van der Waals surface area contributed by atoms with Crippen LogP contribution in [0.2, 0.25) is 0 Å². The summed E-state index contributed by atoms with van der Waals surface area (Å²) >= 11 is 3.45. The summed E-state index contributed by atoms with van der Waals surface area (Å²) in [6, 6.07) is 0.319. The molecule has 2 nitrogen and oxygen atoms in total. The van der Waals surface area contributed by atoms with E-state index < -0.39 is 0 Å². The van der Waals surface area contributed by atoms with Gasteiger partial charge >= 0.3 is 0 Å². The zero-order valence-electron chi connectivity index (χ0n) is 10.6.